The maximum absolute atomic E-state index is 12.9. The van der Waals surface area contributed by atoms with E-state index in [0.29, 0.717) is 19.3 Å². The van der Waals surface area contributed by atoms with Crippen LogP contribution in [0.4, 0.5) is 0 Å². The zero-order chi connectivity index (χ0) is 26.2. The van der Waals surface area contributed by atoms with Crippen molar-refractivity contribution in [1.29, 1.82) is 0 Å². The van der Waals surface area contributed by atoms with Gasteiger partial charge in [0.15, 0.2) is 0 Å². The number of esters is 1. The Bertz CT molecular complexity index is 582. The average molecular weight is 501 g/mol. The zero-order valence-electron chi connectivity index (χ0n) is 22.4. The van der Waals surface area contributed by atoms with Crippen molar-refractivity contribution in [3.63, 3.8) is 0 Å². The highest BCUT2D eigenvalue weighted by Gasteiger charge is 2.41. The third-order valence-electron chi connectivity index (χ3n) is 7.58. The van der Waals surface area contributed by atoms with Gasteiger partial charge >= 0.3 is 11.9 Å². The van der Waals surface area contributed by atoms with E-state index in [9.17, 15) is 30.0 Å². The third-order valence-corrected chi connectivity index (χ3v) is 7.58. The first-order valence-electron chi connectivity index (χ1n) is 14.1. The number of aliphatic hydroxyl groups excluding tert-OH is 3. The van der Waals surface area contributed by atoms with E-state index in [1.165, 1.54) is 6.42 Å². The summed E-state index contributed by atoms with van der Waals surface area (Å²) in [5.41, 5.74) is 0. The third kappa shape index (κ3) is 13.1. The predicted molar refractivity (Wildman–Crippen MR) is 137 cm³/mol. The SMILES string of the molecule is CCCCCCCC(CC(=O)OC(CCCCCCC)CC(=O)O)CC1CC(C)C(O)C(O)C1O. The molecule has 0 aromatic heterocycles. The fraction of sp³-hybridized carbons (Fsp3) is 0.929. The van der Waals surface area contributed by atoms with Crippen LogP contribution < -0.4 is 0 Å². The molecule has 206 valence electrons. The molecular formula is C28H52O7. The van der Waals surface area contributed by atoms with E-state index < -0.39 is 30.4 Å². The molecule has 7 atom stereocenters. The largest absolute Gasteiger partial charge is 0.481 e. The molecule has 7 nitrogen and oxygen atoms in total. The number of hydrogen-bond acceptors (Lipinski definition) is 6. The molecule has 0 amide bonds. The van der Waals surface area contributed by atoms with E-state index in [2.05, 4.69) is 13.8 Å². The normalized spacial score (nSPS) is 26.3. The Hall–Kier alpha value is -1.18. The number of aliphatic carboxylic acids is 1. The molecule has 0 aromatic rings. The van der Waals surface area contributed by atoms with Crippen LogP contribution in [0.3, 0.4) is 0 Å². The van der Waals surface area contributed by atoms with Gasteiger partial charge in [0.1, 0.15) is 12.2 Å². The van der Waals surface area contributed by atoms with Gasteiger partial charge in [0.2, 0.25) is 0 Å². The molecule has 1 fully saturated rings. The maximum Gasteiger partial charge on any atom is 0.307 e. The minimum atomic E-state index is -1.17. The van der Waals surface area contributed by atoms with Crippen molar-refractivity contribution in [1.82, 2.24) is 0 Å². The quantitative estimate of drug-likeness (QED) is 0.141. The van der Waals surface area contributed by atoms with Crippen molar-refractivity contribution < 1.29 is 34.8 Å². The summed E-state index contributed by atoms with van der Waals surface area (Å²) in [5.74, 6) is -1.65. The number of unbranched alkanes of at least 4 members (excludes halogenated alkanes) is 8. The lowest BCUT2D eigenvalue weighted by molar-refractivity contribution is -0.155. The van der Waals surface area contributed by atoms with Gasteiger partial charge in [0.05, 0.1) is 18.6 Å². The summed E-state index contributed by atoms with van der Waals surface area (Å²) in [5, 5.41) is 40.2. The number of hydrogen-bond donors (Lipinski definition) is 4. The van der Waals surface area contributed by atoms with Crippen LogP contribution in [0, 0.1) is 17.8 Å². The van der Waals surface area contributed by atoms with Crippen LogP contribution >= 0.6 is 0 Å². The second kappa shape index (κ2) is 18.1. The Morgan fingerprint density at radius 3 is 1.94 bits per heavy atom. The minimum absolute atomic E-state index is 0.00606. The Balaban J connectivity index is 2.72. The Morgan fingerprint density at radius 2 is 1.37 bits per heavy atom. The van der Waals surface area contributed by atoms with Crippen LogP contribution in [-0.2, 0) is 14.3 Å². The lowest BCUT2D eigenvalue weighted by Crippen LogP contribution is -2.50. The van der Waals surface area contributed by atoms with Crippen LogP contribution in [0.25, 0.3) is 0 Å². The van der Waals surface area contributed by atoms with Gasteiger partial charge in [-0.3, -0.25) is 9.59 Å². The molecule has 0 saturated heterocycles. The lowest BCUT2D eigenvalue weighted by Gasteiger charge is -2.40. The molecule has 0 aliphatic heterocycles. The summed E-state index contributed by atoms with van der Waals surface area (Å²) < 4.78 is 5.65. The first-order chi connectivity index (χ1) is 16.7. The molecular weight excluding hydrogens is 448 g/mol. The van der Waals surface area contributed by atoms with Crippen LogP contribution in [0.2, 0.25) is 0 Å². The summed E-state index contributed by atoms with van der Waals surface area (Å²) in [6, 6.07) is 0. The minimum Gasteiger partial charge on any atom is -0.481 e. The van der Waals surface area contributed by atoms with Gasteiger partial charge in [-0.05, 0) is 49.9 Å². The van der Waals surface area contributed by atoms with Crippen molar-refractivity contribution in [3.05, 3.63) is 0 Å². The maximum atomic E-state index is 12.9. The standard InChI is InChI=1S/C28H52O7/c1-4-6-8-10-12-14-21(17-22-16-20(3)26(32)28(34)27(22)33)18-25(31)35-23(19-24(29)30)15-13-11-9-7-5-2/h20-23,26-28,32-34H,4-19H2,1-3H3,(H,29,30). The van der Waals surface area contributed by atoms with Gasteiger partial charge in [-0.25, -0.2) is 0 Å². The fourth-order valence-corrected chi connectivity index (χ4v) is 5.42. The van der Waals surface area contributed by atoms with Gasteiger partial charge in [-0.15, -0.1) is 0 Å². The zero-order valence-corrected chi connectivity index (χ0v) is 22.4. The van der Waals surface area contributed by atoms with Crippen LogP contribution in [0.15, 0.2) is 0 Å². The highest BCUT2D eigenvalue weighted by Crippen LogP contribution is 2.36. The van der Waals surface area contributed by atoms with Gasteiger partial charge in [-0.1, -0.05) is 78.6 Å². The van der Waals surface area contributed by atoms with Gasteiger partial charge in [0.25, 0.3) is 0 Å². The van der Waals surface area contributed by atoms with Crippen LogP contribution in [0.5, 0.6) is 0 Å². The summed E-state index contributed by atoms with van der Waals surface area (Å²) in [6.07, 6.45) is 9.67. The average Bonchev–Trinajstić information content (AvgIpc) is 2.80. The van der Waals surface area contributed by atoms with Gasteiger partial charge in [0, 0.05) is 6.42 Å². The number of ether oxygens (including phenoxy) is 1. The summed E-state index contributed by atoms with van der Waals surface area (Å²) >= 11 is 0. The molecule has 1 rings (SSSR count). The van der Waals surface area contributed by atoms with Gasteiger partial charge in [-0.2, -0.15) is 0 Å². The van der Waals surface area contributed by atoms with E-state index in [0.717, 1.165) is 64.2 Å². The molecule has 35 heavy (non-hydrogen) atoms. The summed E-state index contributed by atoms with van der Waals surface area (Å²) in [7, 11) is 0. The number of carboxylic acids is 1. The molecule has 0 heterocycles. The number of carbonyl (C=O) groups excluding carboxylic acids is 1. The van der Waals surface area contributed by atoms with Crippen molar-refractivity contribution in [3.8, 4) is 0 Å². The predicted octanol–water partition coefficient (Wildman–Crippen LogP) is 5.23. The van der Waals surface area contributed by atoms with E-state index >= 15 is 0 Å². The molecule has 7 unspecified atom stereocenters. The summed E-state index contributed by atoms with van der Waals surface area (Å²) in [6.45, 7) is 6.18. The number of aliphatic hydroxyl groups is 3. The first-order valence-corrected chi connectivity index (χ1v) is 14.1. The second-order valence-corrected chi connectivity index (χ2v) is 10.9. The van der Waals surface area contributed by atoms with E-state index in [-0.39, 0.29) is 36.6 Å². The first kappa shape index (κ1) is 31.8. The number of carboxylic acid groups (broad SMARTS) is 1. The highest BCUT2D eigenvalue weighted by atomic mass is 16.5. The highest BCUT2D eigenvalue weighted by molar-refractivity contribution is 5.71. The molecule has 1 aliphatic rings. The molecule has 1 saturated carbocycles. The van der Waals surface area contributed by atoms with Crippen LogP contribution in [0.1, 0.15) is 124 Å². The monoisotopic (exact) mass is 500 g/mol. The molecule has 4 N–H and O–H groups in total. The Kier molecular flexibility index (Phi) is 16.5. The second-order valence-electron chi connectivity index (χ2n) is 10.9. The number of rotatable bonds is 19. The molecule has 0 aromatic carbocycles. The Labute approximate surface area is 212 Å². The van der Waals surface area contributed by atoms with Crippen molar-refractivity contribution in [2.45, 2.75) is 148 Å². The summed E-state index contributed by atoms with van der Waals surface area (Å²) in [4.78, 5) is 24.2. The fourth-order valence-electron chi connectivity index (χ4n) is 5.42. The molecule has 7 heteroatoms. The van der Waals surface area contributed by atoms with Crippen molar-refractivity contribution >= 4 is 11.9 Å². The van der Waals surface area contributed by atoms with E-state index in [1.54, 1.807) is 0 Å². The van der Waals surface area contributed by atoms with Gasteiger partial charge < -0.3 is 25.2 Å². The number of carbonyl (C=O) groups is 2. The van der Waals surface area contributed by atoms with E-state index in [1.807, 2.05) is 6.92 Å². The molecule has 0 radical (unpaired) electrons. The van der Waals surface area contributed by atoms with Crippen molar-refractivity contribution in [2.75, 3.05) is 0 Å². The molecule has 0 spiro atoms. The molecule has 1 aliphatic carbocycles. The van der Waals surface area contributed by atoms with Crippen LogP contribution in [-0.4, -0.2) is 56.8 Å². The lowest BCUT2D eigenvalue weighted by atomic mass is 9.72. The topological polar surface area (TPSA) is 124 Å². The Morgan fingerprint density at radius 1 is 0.800 bits per heavy atom. The smallest absolute Gasteiger partial charge is 0.307 e. The molecule has 0 bridgehead atoms. The van der Waals surface area contributed by atoms with Crippen molar-refractivity contribution in [2.24, 2.45) is 17.8 Å². The van der Waals surface area contributed by atoms with E-state index in [4.69, 9.17) is 4.74 Å².